The molecular weight excluding hydrogens is 390 g/mol. The van der Waals surface area contributed by atoms with Crippen molar-refractivity contribution in [3.05, 3.63) is 59.4 Å². The second-order valence-electron chi connectivity index (χ2n) is 9.13. The van der Waals surface area contributed by atoms with E-state index in [0.717, 1.165) is 55.0 Å². The summed E-state index contributed by atoms with van der Waals surface area (Å²) in [5, 5.41) is 0. The number of carbonyl (C=O) groups excluding carboxylic acids is 1. The average molecular weight is 418 g/mol. The van der Waals surface area contributed by atoms with Crippen LogP contribution in [0.25, 0.3) is 6.08 Å². The third-order valence-electron chi connectivity index (χ3n) is 7.60. The molecule has 0 unspecified atom stereocenters. The van der Waals surface area contributed by atoms with Crippen molar-refractivity contribution < 1.29 is 14.3 Å². The van der Waals surface area contributed by atoms with Crippen molar-refractivity contribution in [3.8, 4) is 11.5 Å². The van der Waals surface area contributed by atoms with Gasteiger partial charge in [-0.3, -0.25) is 14.7 Å². The van der Waals surface area contributed by atoms with Crippen LogP contribution in [0.2, 0.25) is 0 Å². The predicted molar refractivity (Wildman–Crippen MR) is 117 cm³/mol. The zero-order valence-corrected chi connectivity index (χ0v) is 17.8. The lowest BCUT2D eigenvalue weighted by molar-refractivity contribution is -0.137. The normalized spacial score (nSPS) is 29.3. The van der Waals surface area contributed by atoms with Crippen molar-refractivity contribution in [2.24, 2.45) is 5.92 Å². The van der Waals surface area contributed by atoms with Gasteiger partial charge in [0.1, 0.15) is 23.6 Å². The monoisotopic (exact) mass is 417 g/mol. The van der Waals surface area contributed by atoms with Crippen LogP contribution in [0.15, 0.2) is 48.3 Å². The van der Waals surface area contributed by atoms with E-state index in [1.807, 2.05) is 30.5 Å². The molecule has 5 heterocycles. The molecule has 6 heteroatoms. The van der Waals surface area contributed by atoms with E-state index in [0.29, 0.717) is 25.0 Å². The number of hydrogen-bond donors (Lipinski definition) is 0. The molecule has 31 heavy (non-hydrogen) atoms. The van der Waals surface area contributed by atoms with E-state index in [9.17, 15) is 4.79 Å². The Labute approximate surface area is 182 Å². The molecule has 0 N–H and O–H groups in total. The largest absolute Gasteiger partial charge is 0.497 e. The maximum absolute atomic E-state index is 13.7. The van der Waals surface area contributed by atoms with Gasteiger partial charge in [-0.05, 0) is 67.3 Å². The van der Waals surface area contributed by atoms with E-state index < -0.39 is 0 Å². The fraction of sp³-hybridized carbons (Fsp3) is 0.440. The lowest BCUT2D eigenvalue weighted by Crippen LogP contribution is -2.51. The number of ether oxygens (including phenoxy) is 2. The van der Waals surface area contributed by atoms with Crippen LogP contribution >= 0.6 is 0 Å². The van der Waals surface area contributed by atoms with Crippen molar-refractivity contribution in [1.29, 1.82) is 0 Å². The van der Waals surface area contributed by atoms with Crippen molar-refractivity contribution >= 4 is 12.0 Å². The Kier molecular flexibility index (Phi) is 4.32. The van der Waals surface area contributed by atoms with Crippen molar-refractivity contribution in [2.75, 3.05) is 26.8 Å². The first-order chi connectivity index (χ1) is 15.2. The molecule has 0 aliphatic carbocycles. The van der Waals surface area contributed by atoms with E-state index in [1.54, 1.807) is 13.3 Å². The third-order valence-corrected chi connectivity index (χ3v) is 7.60. The summed E-state index contributed by atoms with van der Waals surface area (Å²) in [5.74, 6) is 2.41. The molecular formula is C25H27N3O3. The van der Waals surface area contributed by atoms with Gasteiger partial charge < -0.3 is 14.4 Å². The van der Waals surface area contributed by atoms with Gasteiger partial charge in [-0.1, -0.05) is 6.07 Å². The lowest BCUT2D eigenvalue weighted by atomic mass is 9.85. The summed E-state index contributed by atoms with van der Waals surface area (Å²) in [7, 11) is 1.69. The molecule has 1 spiro atoms. The molecule has 4 aliphatic heterocycles. The minimum atomic E-state index is -0.331. The quantitative estimate of drug-likeness (QED) is 0.765. The molecule has 3 fully saturated rings. The number of nitrogens with zero attached hydrogens (tertiary/aromatic N) is 3. The first-order valence-corrected chi connectivity index (χ1v) is 11.2. The number of aromatic nitrogens is 1. The van der Waals surface area contributed by atoms with Gasteiger partial charge in [0.15, 0.2) is 0 Å². The van der Waals surface area contributed by atoms with Crippen molar-refractivity contribution in [1.82, 2.24) is 14.8 Å². The van der Waals surface area contributed by atoms with Crippen LogP contribution in [0.5, 0.6) is 11.5 Å². The van der Waals surface area contributed by atoms with Gasteiger partial charge in [-0.15, -0.1) is 0 Å². The van der Waals surface area contributed by atoms with Gasteiger partial charge in [0.05, 0.1) is 7.11 Å². The Hall–Kier alpha value is -2.86. The Morgan fingerprint density at radius 2 is 2.26 bits per heavy atom. The summed E-state index contributed by atoms with van der Waals surface area (Å²) in [6, 6.07) is 10.2. The number of rotatable bonds is 4. The van der Waals surface area contributed by atoms with Gasteiger partial charge in [-0.25, -0.2) is 0 Å². The Balaban J connectivity index is 1.28. The van der Waals surface area contributed by atoms with Crippen LogP contribution in [-0.4, -0.2) is 59.1 Å². The summed E-state index contributed by atoms with van der Waals surface area (Å²) >= 11 is 0. The van der Waals surface area contributed by atoms with Crippen LogP contribution < -0.4 is 9.47 Å². The average Bonchev–Trinajstić information content (AvgIpc) is 3.44. The van der Waals surface area contributed by atoms with Gasteiger partial charge in [-0.2, -0.15) is 0 Å². The number of benzene rings is 1. The molecule has 3 atom stereocenters. The molecule has 6 rings (SSSR count). The van der Waals surface area contributed by atoms with E-state index in [-0.39, 0.29) is 11.6 Å². The zero-order chi connectivity index (χ0) is 21.0. The minimum absolute atomic E-state index is 0.274. The maximum Gasteiger partial charge on any atom is 0.243 e. The zero-order valence-electron chi connectivity index (χ0n) is 17.8. The van der Waals surface area contributed by atoms with Gasteiger partial charge in [0.25, 0.3) is 0 Å². The molecule has 0 saturated carbocycles. The number of pyridine rings is 1. The SMILES string of the molecule is COc1ccc2c(c1)C=C([C@@H]1C[C@H]3CN(Cc4cccnc4)C(=O)[C@]34CCCN14)CO2. The third kappa shape index (κ3) is 2.81. The Bertz CT molecular complexity index is 1050. The summed E-state index contributed by atoms with van der Waals surface area (Å²) in [6.07, 6.45) is 8.97. The Morgan fingerprint density at radius 3 is 3.10 bits per heavy atom. The van der Waals surface area contributed by atoms with Crippen LogP contribution in [0.1, 0.15) is 30.4 Å². The van der Waals surface area contributed by atoms with Crippen molar-refractivity contribution in [2.45, 2.75) is 37.4 Å². The first-order valence-electron chi connectivity index (χ1n) is 11.2. The lowest BCUT2D eigenvalue weighted by Gasteiger charge is -2.35. The fourth-order valence-electron chi connectivity index (χ4n) is 6.27. The van der Waals surface area contributed by atoms with Crippen LogP contribution in [0.4, 0.5) is 0 Å². The van der Waals surface area contributed by atoms with Crippen LogP contribution in [0.3, 0.4) is 0 Å². The highest BCUT2D eigenvalue weighted by atomic mass is 16.5. The molecule has 1 aromatic heterocycles. The van der Waals surface area contributed by atoms with Gasteiger partial charge in [0.2, 0.25) is 5.91 Å². The standard InChI is InChI=1S/C25H27N3O3/c1-30-21-5-6-23-18(11-21)10-19(16-31-23)22-12-20-15-27(14-17-4-2-8-26-13-17)24(29)25(20)7-3-9-28(22)25/h2,4-6,8,10-11,13,20,22H,3,7,9,12,14-16H2,1H3/t20-,22-,25-/m0/s1. The van der Waals surface area contributed by atoms with E-state index >= 15 is 0 Å². The molecule has 1 aromatic carbocycles. The van der Waals surface area contributed by atoms with Crippen LogP contribution in [-0.2, 0) is 11.3 Å². The second-order valence-corrected chi connectivity index (χ2v) is 9.13. The predicted octanol–water partition coefficient (Wildman–Crippen LogP) is 3.13. The fourth-order valence-corrected chi connectivity index (χ4v) is 6.27. The highest BCUT2D eigenvalue weighted by Crippen LogP contribution is 2.53. The second kappa shape index (κ2) is 7.09. The summed E-state index contributed by atoms with van der Waals surface area (Å²) in [5.41, 5.74) is 3.11. The number of likely N-dealkylation sites (tertiary alicyclic amines) is 1. The van der Waals surface area contributed by atoms with E-state index in [4.69, 9.17) is 9.47 Å². The number of amides is 1. The Morgan fingerprint density at radius 1 is 1.32 bits per heavy atom. The number of methoxy groups -OCH3 is 1. The first kappa shape index (κ1) is 18.9. The van der Waals surface area contributed by atoms with Gasteiger partial charge in [0, 0.05) is 43.0 Å². The van der Waals surface area contributed by atoms with E-state index in [1.165, 1.54) is 5.57 Å². The molecule has 160 valence electrons. The van der Waals surface area contributed by atoms with E-state index in [2.05, 4.69) is 26.9 Å². The molecule has 2 aromatic rings. The van der Waals surface area contributed by atoms with Crippen LogP contribution in [0, 0.1) is 5.92 Å². The molecule has 0 bridgehead atoms. The number of hydrogen-bond acceptors (Lipinski definition) is 5. The molecule has 0 radical (unpaired) electrons. The van der Waals surface area contributed by atoms with Crippen molar-refractivity contribution in [3.63, 3.8) is 0 Å². The van der Waals surface area contributed by atoms with Gasteiger partial charge >= 0.3 is 0 Å². The summed E-state index contributed by atoms with van der Waals surface area (Å²) < 4.78 is 11.5. The summed E-state index contributed by atoms with van der Waals surface area (Å²) in [6.45, 7) is 3.06. The topological polar surface area (TPSA) is 54.9 Å². The maximum atomic E-state index is 13.7. The highest BCUT2D eigenvalue weighted by Gasteiger charge is 2.65. The molecule has 4 aliphatic rings. The molecule has 3 saturated heterocycles. The molecule has 6 nitrogen and oxygen atoms in total. The molecule has 1 amide bonds. The number of carbonyl (C=O) groups is 1. The smallest absolute Gasteiger partial charge is 0.243 e. The highest BCUT2D eigenvalue weighted by molar-refractivity contribution is 5.90. The number of fused-ring (bicyclic) bond motifs is 1. The minimum Gasteiger partial charge on any atom is -0.497 e. The summed E-state index contributed by atoms with van der Waals surface area (Å²) in [4.78, 5) is 22.5.